The summed E-state index contributed by atoms with van der Waals surface area (Å²) >= 11 is 0. The van der Waals surface area contributed by atoms with Crippen LogP contribution in [0.1, 0.15) is 31.9 Å². The van der Waals surface area contributed by atoms with Crippen LogP contribution in [0.25, 0.3) is 0 Å². The fraction of sp³-hybridized carbons (Fsp3) is 0.538. The Hall–Kier alpha value is -1.16. The Kier molecular flexibility index (Phi) is 3.62. The maximum absolute atomic E-state index is 13.6. The van der Waals surface area contributed by atoms with Crippen LogP contribution in [0.15, 0.2) is 12.1 Å². The lowest BCUT2D eigenvalue weighted by atomic mass is 9.91. The van der Waals surface area contributed by atoms with Crippen molar-refractivity contribution in [2.75, 3.05) is 13.2 Å². The van der Waals surface area contributed by atoms with Gasteiger partial charge >= 0.3 is 0 Å². The van der Waals surface area contributed by atoms with E-state index in [1.165, 1.54) is 0 Å². The molecule has 94 valence electrons. The second kappa shape index (κ2) is 5.00. The average Bonchev–Trinajstić information content (AvgIpc) is 2.32. The molecule has 0 aromatic heterocycles. The van der Waals surface area contributed by atoms with Gasteiger partial charge in [0.2, 0.25) is 5.82 Å². The van der Waals surface area contributed by atoms with Gasteiger partial charge in [-0.2, -0.15) is 4.39 Å². The van der Waals surface area contributed by atoms with Gasteiger partial charge in [-0.25, -0.2) is 4.39 Å². The largest absolute Gasteiger partial charge is 0.490 e. The summed E-state index contributed by atoms with van der Waals surface area (Å²) in [5.74, 6) is -1.42. The van der Waals surface area contributed by atoms with E-state index in [1.807, 2.05) is 6.92 Å². The topological polar surface area (TPSA) is 21.3 Å². The normalized spacial score (nSPS) is 23.1. The standard InChI is InChI=1S/C13H17F2NO/c1-3-6-16-12-8(2)7-17-13-9(12)4-5-10(14)11(13)15/h4-5,8,12,16H,3,6-7H2,1-2H3. The quantitative estimate of drug-likeness (QED) is 0.878. The number of benzene rings is 1. The molecule has 4 heteroatoms. The molecular weight excluding hydrogens is 224 g/mol. The Labute approximate surface area is 100.0 Å². The van der Waals surface area contributed by atoms with E-state index in [9.17, 15) is 8.78 Å². The molecule has 0 bridgehead atoms. The van der Waals surface area contributed by atoms with Crippen molar-refractivity contribution in [1.29, 1.82) is 0 Å². The molecule has 1 aromatic carbocycles. The lowest BCUT2D eigenvalue weighted by molar-refractivity contribution is 0.178. The van der Waals surface area contributed by atoms with Crippen LogP contribution in [-0.2, 0) is 0 Å². The number of hydrogen-bond acceptors (Lipinski definition) is 2. The molecule has 0 spiro atoms. The first kappa shape index (κ1) is 12.3. The van der Waals surface area contributed by atoms with E-state index in [1.54, 1.807) is 6.07 Å². The number of halogens is 2. The lowest BCUT2D eigenvalue weighted by Crippen LogP contribution is -2.34. The van der Waals surface area contributed by atoms with Gasteiger partial charge in [0.15, 0.2) is 11.6 Å². The molecule has 17 heavy (non-hydrogen) atoms. The predicted molar refractivity (Wildman–Crippen MR) is 62.1 cm³/mol. The minimum atomic E-state index is -0.877. The third kappa shape index (κ3) is 2.27. The minimum absolute atomic E-state index is 0.0359. The van der Waals surface area contributed by atoms with Gasteiger partial charge in [-0.3, -0.25) is 0 Å². The Morgan fingerprint density at radius 2 is 2.18 bits per heavy atom. The molecule has 0 fully saturated rings. The second-order valence-corrected chi connectivity index (χ2v) is 4.50. The third-order valence-corrected chi connectivity index (χ3v) is 3.09. The van der Waals surface area contributed by atoms with E-state index in [0.717, 1.165) is 24.6 Å². The first-order chi connectivity index (χ1) is 8.15. The summed E-state index contributed by atoms with van der Waals surface area (Å²) in [6.45, 7) is 5.38. The summed E-state index contributed by atoms with van der Waals surface area (Å²) in [6.07, 6.45) is 1.00. The van der Waals surface area contributed by atoms with Crippen LogP contribution in [0.2, 0.25) is 0 Å². The van der Waals surface area contributed by atoms with Gasteiger partial charge in [0, 0.05) is 17.5 Å². The zero-order valence-electron chi connectivity index (χ0n) is 10.1. The van der Waals surface area contributed by atoms with Crippen molar-refractivity contribution in [3.63, 3.8) is 0 Å². The van der Waals surface area contributed by atoms with Gasteiger partial charge in [-0.1, -0.05) is 19.9 Å². The van der Waals surface area contributed by atoms with Crippen LogP contribution >= 0.6 is 0 Å². The molecule has 0 radical (unpaired) electrons. The zero-order valence-corrected chi connectivity index (χ0v) is 10.1. The van der Waals surface area contributed by atoms with Gasteiger partial charge in [0.05, 0.1) is 6.61 Å². The number of rotatable bonds is 3. The Balaban J connectivity index is 2.34. The van der Waals surface area contributed by atoms with E-state index in [2.05, 4.69) is 12.2 Å². The Morgan fingerprint density at radius 1 is 1.41 bits per heavy atom. The van der Waals surface area contributed by atoms with Crippen LogP contribution in [0.5, 0.6) is 5.75 Å². The number of fused-ring (bicyclic) bond motifs is 1. The molecule has 1 heterocycles. The Bertz CT molecular complexity index is 409. The van der Waals surface area contributed by atoms with E-state index < -0.39 is 11.6 Å². The highest BCUT2D eigenvalue weighted by Crippen LogP contribution is 2.37. The van der Waals surface area contributed by atoms with Gasteiger partial charge in [-0.05, 0) is 19.0 Å². The minimum Gasteiger partial charge on any atom is -0.490 e. The van der Waals surface area contributed by atoms with E-state index in [0.29, 0.717) is 6.61 Å². The summed E-state index contributed by atoms with van der Waals surface area (Å²) in [6, 6.07) is 2.81. The van der Waals surface area contributed by atoms with E-state index in [-0.39, 0.29) is 17.7 Å². The number of hydrogen-bond donors (Lipinski definition) is 1. The monoisotopic (exact) mass is 241 g/mol. The highest BCUT2D eigenvalue weighted by Gasteiger charge is 2.30. The van der Waals surface area contributed by atoms with E-state index >= 15 is 0 Å². The zero-order chi connectivity index (χ0) is 12.4. The Morgan fingerprint density at radius 3 is 2.88 bits per heavy atom. The van der Waals surface area contributed by atoms with E-state index in [4.69, 9.17) is 4.74 Å². The SMILES string of the molecule is CCCNC1c2ccc(F)c(F)c2OCC1C. The van der Waals surface area contributed by atoms with Crippen molar-refractivity contribution in [1.82, 2.24) is 5.32 Å². The van der Waals surface area contributed by atoms with Crippen molar-refractivity contribution in [3.8, 4) is 5.75 Å². The van der Waals surface area contributed by atoms with Gasteiger partial charge in [0.25, 0.3) is 0 Å². The molecule has 0 aliphatic carbocycles. The van der Waals surface area contributed by atoms with Crippen LogP contribution in [-0.4, -0.2) is 13.2 Å². The molecule has 0 saturated heterocycles. The van der Waals surface area contributed by atoms with Gasteiger partial charge in [0.1, 0.15) is 0 Å². The molecular formula is C13H17F2NO. The van der Waals surface area contributed by atoms with Gasteiger partial charge < -0.3 is 10.1 Å². The molecule has 0 amide bonds. The predicted octanol–water partition coefficient (Wildman–Crippen LogP) is 3.03. The third-order valence-electron chi connectivity index (χ3n) is 3.09. The van der Waals surface area contributed by atoms with Crippen molar-refractivity contribution >= 4 is 0 Å². The average molecular weight is 241 g/mol. The summed E-state index contributed by atoms with van der Waals surface area (Å²) in [4.78, 5) is 0. The maximum atomic E-state index is 13.6. The van der Waals surface area contributed by atoms with Crippen molar-refractivity contribution in [3.05, 3.63) is 29.3 Å². The summed E-state index contributed by atoms with van der Waals surface area (Å²) in [7, 11) is 0. The molecule has 1 aliphatic rings. The fourth-order valence-electron chi connectivity index (χ4n) is 2.17. The first-order valence-corrected chi connectivity index (χ1v) is 5.99. The fourth-order valence-corrected chi connectivity index (χ4v) is 2.17. The summed E-state index contributed by atoms with van der Waals surface area (Å²) < 4.78 is 32.0. The van der Waals surface area contributed by atoms with Crippen LogP contribution in [0.4, 0.5) is 8.78 Å². The highest BCUT2D eigenvalue weighted by atomic mass is 19.2. The second-order valence-electron chi connectivity index (χ2n) is 4.50. The van der Waals surface area contributed by atoms with Crippen LogP contribution < -0.4 is 10.1 Å². The van der Waals surface area contributed by atoms with Crippen molar-refractivity contribution in [2.45, 2.75) is 26.3 Å². The molecule has 1 aliphatic heterocycles. The molecule has 2 nitrogen and oxygen atoms in total. The van der Waals surface area contributed by atoms with Crippen molar-refractivity contribution in [2.24, 2.45) is 5.92 Å². The van der Waals surface area contributed by atoms with Crippen LogP contribution in [0, 0.1) is 17.6 Å². The van der Waals surface area contributed by atoms with Gasteiger partial charge in [-0.15, -0.1) is 0 Å². The molecule has 1 N–H and O–H groups in total. The number of nitrogens with one attached hydrogen (secondary N) is 1. The molecule has 2 unspecified atom stereocenters. The van der Waals surface area contributed by atoms with Crippen molar-refractivity contribution < 1.29 is 13.5 Å². The highest BCUT2D eigenvalue weighted by molar-refractivity contribution is 5.40. The first-order valence-electron chi connectivity index (χ1n) is 5.99. The lowest BCUT2D eigenvalue weighted by Gasteiger charge is -2.32. The number of ether oxygens (including phenoxy) is 1. The molecule has 2 rings (SSSR count). The molecule has 0 saturated carbocycles. The summed E-state index contributed by atoms with van der Waals surface area (Å²) in [5, 5.41) is 3.35. The van der Waals surface area contributed by atoms with Crippen LogP contribution in [0.3, 0.4) is 0 Å². The molecule has 2 atom stereocenters. The molecule has 1 aromatic rings. The maximum Gasteiger partial charge on any atom is 0.200 e. The smallest absolute Gasteiger partial charge is 0.200 e. The summed E-state index contributed by atoms with van der Waals surface area (Å²) in [5.41, 5.74) is 0.719.